The number of nitro groups is 1. The van der Waals surface area contributed by atoms with Gasteiger partial charge in [-0.05, 0) is 43.2 Å². The van der Waals surface area contributed by atoms with Gasteiger partial charge in [0.2, 0.25) is 5.91 Å². The van der Waals surface area contributed by atoms with Crippen molar-refractivity contribution in [3.63, 3.8) is 0 Å². The maximum Gasteiger partial charge on any atom is 0.270 e. The fraction of sp³-hybridized carbons (Fsp3) is 0.263. The van der Waals surface area contributed by atoms with Crippen LogP contribution in [0.5, 0.6) is 0 Å². The third-order valence-corrected chi connectivity index (χ3v) is 6.21. The molecule has 2 aromatic rings. The number of benzene rings is 2. The topological polar surface area (TPSA) is 153 Å². The Labute approximate surface area is 172 Å². The summed E-state index contributed by atoms with van der Waals surface area (Å²) < 4.78 is 27.3. The number of hydrogen-bond donors (Lipinski definition) is 2. The van der Waals surface area contributed by atoms with E-state index in [2.05, 4.69) is 4.72 Å². The number of hydrogen-bond acceptors (Lipinski definition) is 6. The fourth-order valence-electron chi connectivity index (χ4n) is 3.24. The third-order valence-electron chi connectivity index (χ3n) is 4.83. The average Bonchev–Trinajstić information content (AvgIpc) is 2.73. The summed E-state index contributed by atoms with van der Waals surface area (Å²) in [6.07, 6.45) is 1.33. The largest absolute Gasteiger partial charge is 0.369 e. The molecule has 0 bridgehead atoms. The molecule has 1 fully saturated rings. The normalized spacial score (nSPS) is 16.7. The van der Waals surface area contributed by atoms with Crippen molar-refractivity contribution in [1.82, 2.24) is 4.90 Å². The Morgan fingerprint density at radius 2 is 1.87 bits per heavy atom. The molecule has 0 saturated carbocycles. The van der Waals surface area contributed by atoms with Gasteiger partial charge in [-0.25, -0.2) is 8.42 Å². The molecule has 2 amide bonds. The summed E-state index contributed by atoms with van der Waals surface area (Å²) in [4.78, 5) is 35.5. The van der Waals surface area contributed by atoms with Crippen molar-refractivity contribution < 1.29 is 22.9 Å². The van der Waals surface area contributed by atoms with E-state index in [0.717, 1.165) is 6.07 Å². The maximum atomic E-state index is 12.7. The van der Waals surface area contributed by atoms with E-state index in [4.69, 9.17) is 5.73 Å². The first-order valence-electron chi connectivity index (χ1n) is 9.13. The van der Waals surface area contributed by atoms with E-state index in [1.54, 1.807) is 4.90 Å². The molecule has 0 aromatic heterocycles. The SMILES string of the molecule is NC(=O)C1CCCN(C(=O)c2ccc(NS(=O)(=O)c3cccc([N+](=O)[O-])c3)cc2)C1. The van der Waals surface area contributed by atoms with E-state index in [-0.39, 0.29) is 34.6 Å². The second kappa shape index (κ2) is 8.49. The molecule has 3 N–H and O–H groups in total. The number of sulfonamides is 1. The van der Waals surface area contributed by atoms with Crippen molar-refractivity contribution in [2.24, 2.45) is 11.7 Å². The van der Waals surface area contributed by atoms with Gasteiger partial charge in [-0.2, -0.15) is 0 Å². The number of anilines is 1. The van der Waals surface area contributed by atoms with Gasteiger partial charge < -0.3 is 10.6 Å². The molecule has 1 aliphatic heterocycles. The summed E-state index contributed by atoms with van der Waals surface area (Å²) in [7, 11) is -4.04. The van der Waals surface area contributed by atoms with Gasteiger partial charge in [0.15, 0.2) is 0 Å². The second-order valence-electron chi connectivity index (χ2n) is 6.93. The molecule has 0 radical (unpaired) electrons. The maximum absolute atomic E-state index is 12.7. The number of primary amides is 1. The van der Waals surface area contributed by atoms with Gasteiger partial charge in [-0.1, -0.05) is 6.07 Å². The minimum absolute atomic E-state index is 0.201. The number of non-ortho nitro benzene ring substituents is 1. The minimum Gasteiger partial charge on any atom is -0.369 e. The monoisotopic (exact) mass is 432 g/mol. The van der Waals surface area contributed by atoms with Crippen LogP contribution in [0.3, 0.4) is 0 Å². The number of likely N-dealkylation sites (tertiary alicyclic amines) is 1. The average molecular weight is 432 g/mol. The van der Waals surface area contributed by atoms with E-state index in [0.29, 0.717) is 24.9 Å². The molecular weight excluding hydrogens is 412 g/mol. The van der Waals surface area contributed by atoms with Gasteiger partial charge in [-0.3, -0.25) is 24.4 Å². The molecule has 0 aliphatic carbocycles. The van der Waals surface area contributed by atoms with Crippen LogP contribution in [0.15, 0.2) is 53.4 Å². The number of nitrogens with zero attached hydrogens (tertiary/aromatic N) is 2. The van der Waals surface area contributed by atoms with Crippen LogP contribution < -0.4 is 10.5 Å². The van der Waals surface area contributed by atoms with E-state index in [1.807, 2.05) is 0 Å². The van der Waals surface area contributed by atoms with Crippen LogP contribution >= 0.6 is 0 Å². The Morgan fingerprint density at radius 1 is 1.17 bits per heavy atom. The van der Waals surface area contributed by atoms with Gasteiger partial charge in [0.25, 0.3) is 21.6 Å². The number of nitrogens with one attached hydrogen (secondary N) is 1. The molecule has 1 heterocycles. The van der Waals surface area contributed by atoms with Gasteiger partial charge in [-0.15, -0.1) is 0 Å². The van der Waals surface area contributed by atoms with Gasteiger partial charge in [0.1, 0.15) is 0 Å². The van der Waals surface area contributed by atoms with Gasteiger partial charge in [0.05, 0.1) is 15.7 Å². The fourth-order valence-corrected chi connectivity index (χ4v) is 4.33. The molecule has 1 unspecified atom stereocenters. The summed E-state index contributed by atoms with van der Waals surface area (Å²) >= 11 is 0. The summed E-state index contributed by atoms with van der Waals surface area (Å²) in [6, 6.07) is 10.5. The predicted octanol–water partition coefficient (Wildman–Crippen LogP) is 1.73. The minimum atomic E-state index is -4.04. The number of nitrogens with two attached hydrogens (primary N) is 1. The summed E-state index contributed by atoms with van der Waals surface area (Å²) in [5.41, 5.74) is 5.55. The molecule has 0 spiro atoms. The Kier molecular flexibility index (Phi) is 6.01. The van der Waals surface area contributed by atoms with Crippen LogP contribution in [-0.4, -0.2) is 43.1 Å². The Hall–Kier alpha value is -3.47. The molecule has 10 nitrogen and oxygen atoms in total. The zero-order chi connectivity index (χ0) is 21.9. The predicted molar refractivity (Wildman–Crippen MR) is 108 cm³/mol. The van der Waals surface area contributed by atoms with E-state index in [9.17, 15) is 28.1 Å². The lowest BCUT2D eigenvalue weighted by Crippen LogP contribution is -2.44. The number of amides is 2. The van der Waals surface area contributed by atoms with Crippen molar-refractivity contribution in [2.75, 3.05) is 17.8 Å². The number of carbonyl (C=O) groups is 2. The number of rotatable bonds is 6. The van der Waals surface area contributed by atoms with Crippen molar-refractivity contribution in [3.05, 3.63) is 64.2 Å². The van der Waals surface area contributed by atoms with E-state index in [1.165, 1.54) is 42.5 Å². The lowest BCUT2D eigenvalue weighted by molar-refractivity contribution is -0.385. The zero-order valence-electron chi connectivity index (χ0n) is 15.9. The molecule has 1 saturated heterocycles. The lowest BCUT2D eigenvalue weighted by Gasteiger charge is -2.31. The Balaban J connectivity index is 1.72. The molecule has 2 aromatic carbocycles. The van der Waals surface area contributed by atoms with Crippen molar-refractivity contribution in [2.45, 2.75) is 17.7 Å². The molecular formula is C19H20N4O6S. The molecule has 1 atom stereocenters. The molecule has 3 rings (SSSR count). The summed E-state index contributed by atoms with van der Waals surface area (Å²) in [6.45, 7) is 0.777. The lowest BCUT2D eigenvalue weighted by atomic mass is 9.97. The van der Waals surface area contributed by atoms with Gasteiger partial charge in [0, 0.05) is 36.5 Å². The molecule has 1 aliphatic rings. The highest BCUT2D eigenvalue weighted by molar-refractivity contribution is 7.92. The van der Waals surface area contributed by atoms with Crippen LogP contribution in [0.25, 0.3) is 0 Å². The second-order valence-corrected chi connectivity index (χ2v) is 8.61. The van der Waals surface area contributed by atoms with Gasteiger partial charge >= 0.3 is 0 Å². The first-order chi connectivity index (χ1) is 14.2. The first-order valence-corrected chi connectivity index (χ1v) is 10.6. The van der Waals surface area contributed by atoms with Crippen LogP contribution in [-0.2, 0) is 14.8 Å². The third kappa shape index (κ3) is 4.74. The Bertz CT molecular complexity index is 1080. The Morgan fingerprint density at radius 3 is 2.50 bits per heavy atom. The molecule has 158 valence electrons. The zero-order valence-corrected chi connectivity index (χ0v) is 16.7. The summed E-state index contributed by atoms with van der Waals surface area (Å²) in [5.74, 6) is -1.07. The number of nitro benzene ring substituents is 1. The van der Waals surface area contributed by atoms with Crippen LogP contribution in [0, 0.1) is 16.0 Å². The highest BCUT2D eigenvalue weighted by Gasteiger charge is 2.27. The first kappa shape index (κ1) is 21.2. The van der Waals surface area contributed by atoms with Crippen LogP contribution in [0.2, 0.25) is 0 Å². The molecule has 30 heavy (non-hydrogen) atoms. The van der Waals surface area contributed by atoms with E-state index >= 15 is 0 Å². The quantitative estimate of drug-likeness (QED) is 0.524. The summed E-state index contributed by atoms with van der Waals surface area (Å²) in [5, 5.41) is 10.9. The van der Waals surface area contributed by atoms with E-state index < -0.39 is 20.9 Å². The van der Waals surface area contributed by atoms with Crippen LogP contribution in [0.4, 0.5) is 11.4 Å². The van der Waals surface area contributed by atoms with Crippen molar-refractivity contribution in [1.29, 1.82) is 0 Å². The highest BCUT2D eigenvalue weighted by atomic mass is 32.2. The number of carbonyl (C=O) groups excluding carboxylic acids is 2. The van der Waals surface area contributed by atoms with Crippen molar-refractivity contribution in [3.8, 4) is 0 Å². The molecule has 11 heteroatoms. The standard InChI is InChI=1S/C19H20N4O6S/c20-18(24)14-3-2-10-22(12-14)19(25)13-6-8-15(9-7-13)21-30(28,29)17-5-1-4-16(11-17)23(26)27/h1,4-9,11,14,21H,2-3,10,12H2,(H2,20,24). The number of piperidine rings is 1. The highest BCUT2D eigenvalue weighted by Crippen LogP contribution is 2.22. The van der Waals surface area contributed by atoms with Crippen molar-refractivity contribution >= 4 is 33.2 Å². The smallest absolute Gasteiger partial charge is 0.270 e. The van der Waals surface area contributed by atoms with Crippen LogP contribution in [0.1, 0.15) is 23.2 Å².